The molecule has 5 nitrogen and oxygen atoms in total. The molecule has 0 aliphatic heterocycles. The number of hydrogen-bond acceptors (Lipinski definition) is 4. The zero-order valence-corrected chi connectivity index (χ0v) is 14.9. The third-order valence-electron chi connectivity index (χ3n) is 4.39. The summed E-state index contributed by atoms with van der Waals surface area (Å²) in [7, 11) is 0. The second-order valence-electron chi connectivity index (χ2n) is 6.48. The molecule has 1 aliphatic rings. The number of aliphatic hydroxyl groups is 2. The minimum atomic E-state index is -0.806. The molecule has 0 aromatic heterocycles. The van der Waals surface area contributed by atoms with Crippen LogP contribution in [0.5, 0.6) is 0 Å². The fraction of sp³-hybridized carbons (Fsp3) is 0.600. The number of aliphatic hydroxyl groups excluding tert-OH is 2. The quantitative estimate of drug-likeness (QED) is 0.393. The lowest BCUT2D eigenvalue weighted by atomic mass is 9.90. The maximum absolute atomic E-state index is 12.1. The molecule has 0 bridgehead atoms. The van der Waals surface area contributed by atoms with Crippen LogP contribution in [0.2, 0.25) is 0 Å². The van der Waals surface area contributed by atoms with Gasteiger partial charge in [-0.3, -0.25) is 9.59 Å². The molecule has 0 unspecified atom stereocenters. The van der Waals surface area contributed by atoms with Crippen LogP contribution in [0.25, 0.3) is 0 Å². The Morgan fingerprint density at radius 2 is 2.04 bits per heavy atom. The van der Waals surface area contributed by atoms with Crippen LogP contribution in [0.15, 0.2) is 36.5 Å². The van der Waals surface area contributed by atoms with Crippen LogP contribution in [0.3, 0.4) is 0 Å². The van der Waals surface area contributed by atoms with E-state index in [0.717, 1.165) is 6.42 Å². The molecule has 1 aliphatic carbocycles. The number of Topliss-reactive ketones (excluding diaryl/α,β-unsaturated/α-hetero) is 1. The summed E-state index contributed by atoms with van der Waals surface area (Å²) < 4.78 is 0. The molecular formula is C20H30O5. The van der Waals surface area contributed by atoms with E-state index in [-0.39, 0.29) is 30.5 Å². The zero-order chi connectivity index (χ0) is 18.7. The van der Waals surface area contributed by atoms with Crippen LogP contribution >= 0.6 is 0 Å². The summed E-state index contributed by atoms with van der Waals surface area (Å²) in [5.41, 5.74) is 0. The fourth-order valence-corrected chi connectivity index (χ4v) is 3.00. The Hall–Kier alpha value is -1.72. The fourth-order valence-electron chi connectivity index (χ4n) is 3.00. The van der Waals surface area contributed by atoms with Crippen molar-refractivity contribution in [3.63, 3.8) is 0 Å². The van der Waals surface area contributed by atoms with E-state index in [1.807, 2.05) is 31.2 Å². The van der Waals surface area contributed by atoms with Gasteiger partial charge in [0.25, 0.3) is 0 Å². The molecule has 0 saturated heterocycles. The number of carboxylic acids is 1. The molecule has 0 amide bonds. The average molecular weight is 350 g/mol. The molecule has 0 heterocycles. The van der Waals surface area contributed by atoms with Gasteiger partial charge in [-0.1, -0.05) is 43.4 Å². The summed E-state index contributed by atoms with van der Waals surface area (Å²) in [6.07, 6.45) is 13.3. The third-order valence-corrected chi connectivity index (χ3v) is 4.39. The number of rotatable bonds is 11. The summed E-state index contributed by atoms with van der Waals surface area (Å²) in [6, 6.07) is 0. The minimum absolute atomic E-state index is 0.0395. The molecular weight excluding hydrogens is 320 g/mol. The number of carbonyl (C=O) groups is 2. The van der Waals surface area contributed by atoms with Gasteiger partial charge in [0.15, 0.2) is 0 Å². The van der Waals surface area contributed by atoms with Gasteiger partial charge in [0.1, 0.15) is 5.78 Å². The van der Waals surface area contributed by atoms with Gasteiger partial charge in [0, 0.05) is 24.7 Å². The van der Waals surface area contributed by atoms with Crippen LogP contribution in [-0.4, -0.2) is 39.3 Å². The van der Waals surface area contributed by atoms with Crippen molar-refractivity contribution in [2.24, 2.45) is 11.8 Å². The van der Waals surface area contributed by atoms with Crippen LogP contribution in [0.1, 0.15) is 51.9 Å². The third kappa shape index (κ3) is 8.27. The highest BCUT2D eigenvalue weighted by atomic mass is 16.4. The van der Waals surface area contributed by atoms with Gasteiger partial charge in [-0.25, -0.2) is 0 Å². The van der Waals surface area contributed by atoms with E-state index in [9.17, 15) is 19.8 Å². The van der Waals surface area contributed by atoms with Crippen LogP contribution in [0.4, 0.5) is 0 Å². The Morgan fingerprint density at radius 3 is 2.72 bits per heavy atom. The average Bonchev–Trinajstić information content (AvgIpc) is 2.82. The second kappa shape index (κ2) is 11.8. The van der Waals surface area contributed by atoms with Crippen molar-refractivity contribution in [3.8, 4) is 0 Å². The largest absolute Gasteiger partial charge is 0.481 e. The Labute approximate surface area is 149 Å². The maximum atomic E-state index is 12.1. The first-order valence-electron chi connectivity index (χ1n) is 9.04. The van der Waals surface area contributed by atoms with E-state index in [4.69, 9.17) is 5.11 Å². The summed E-state index contributed by atoms with van der Waals surface area (Å²) in [4.78, 5) is 22.5. The molecule has 0 aromatic carbocycles. The van der Waals surface area contributed by atoms with Crippen LogP contribution < -0.4 is 0 Å². The lowest BCUT2D eigenvalue weighted by Crippen LogP contribution is -2.18. The van der Waals surface area contributed by atoms with Gasteiger partial charge < -0.3 is 15.3 Å². The SMILES string of the molecule is CC/C=C/C[C@H](O)/C=C\[C@@H]1[C@H](O)CC(=O)[C@@H]1C/C=C/CCCC(=O)O. The monoisotopic (exact) mass is 350 g/mol. The summed E-state index contributed by atoms with van der Waals surface area (Å²) in [5, 5.41) is 28.6. The van der Waals surface area contributed by atoms with Gasteiger partial charge in [-0.2, -0.15) is 0 Å². The lowest BCUT2D eigenvalue weighted by Gasteiger charge is -2.16. The summed E-state index contributed by atoms with van der Waals surface area (Å²) in [5.74, 6) is -1.32. The number of ketones is 1. The van der Waals surface area contributed by atoms with E-state index in [1.165, 1.54) is 0 Å². The van der Waals surface area contributed by atoms with E-state index >= 15 is 0 Å². The molecule has 4 atom stereocenters. The Kier molecular flexibility index (Phi) is 10.0. The summed E-state index contributed by atoms with van der Waals surface area (Å²) >= 11 is 0. The first-order valence-corrected chi connectivity index (χ1v) is 9.04. The highest BCUT2D eigenvalue weighted by Gasteiger charge is 2.39. The molecule has 1 fully saturated rings. The van der Waals surface area contributed by atoms with Crippen molar-refractivity contribution in [3.05, 3.63) is 36.5 Å². The normalized spacial score (nSPS) is 25.6. The molecule has 140 valence electrons. The number of aliphatic carboxylic acids is 1. The zero-order valence-electron chi connectivity index (χ0n) is 14.9. The first kappa shape index (κ1) is 21.3. The van der Waals surface area contributed by atoms with Crippen molar-refractivity contribution in [1.82, 2.24) is 0 Å². The van der Waals surface area contributed by atoms with E-state index in [1.54, 1.807) is 12.2 Å². The smallest absolute Gasteiger partial charge is 0.303 e. The molecule has 5 heteroatoms. The van der Waals surface area contributed by atoms with E-state index in [2.05, 4.69) is 0 Å². The van der Waals surface area contributed by atoms with E-state index < -0.39 is 18.2 Å². The number of unbranched alkanes of at least 4 members (excludes halogenated alkanes) is 1. The van der Waals surface area contributed by atoms with Crippen LogP contribution in [0, 0.1) is 11.8 Å². The molecule has 0 spiro atoms. The summed E-state index contributed by atoms with van der Waals surface area (Å²) in [6.45, 7) is 2.03. The van der Waals surface area contributed by atoms with Gasteiger partial charge in [-0.05, 0) is 32.1 Å². The van der Waals surface area contributed by atoms with Crippen molar-refractivity contribution in [2.75, 3.05) is 0 Å². The first-order chi connectivity index (χ1) is 12.0. The van der Waals surface area contributed by atoms with Crippen molar-refractivity contribution >= 4 is 11.8 Å². The topological polar surface area (TPSA) is 94.8 Å². The van der Waals surface area contributed by atoms with Crippen molar-refractivity contribution < 1.29 is 24.9 Å². The Balaban J connectivity index is 2.52. The van der Waals surface area contributed by atoms with Crippen LogP contribution in [-0.2, 0) is 9.59 Å². The Bertz CT molecular complexity index is 506. The minimum Gasteiger partial charge on any atom is -0.481 e. The van der Waals surface area contributed by atoms with Gasteiger partial charge in [0.05, 0.1) is 12.2 Å². The molecule has 0 aromatic rings. The van der Waals surface area contributed by atoms with Gasteiger partial charge in [-0.15, -0.1) is 0 Å². The molecule has 3 N–H and O–H groups in total. The standard InChI is InChI=1S/C20H30O5/c1-2-3-6-9-15(21)12-13-17-16(18(22)14-19(17)23)10-7-4-5-8-11-20(24)25/h3-4,6-7,12-13,15-17,19,21,23H,2,5,8-11,14H2,1H3,(H,24,25)/b6-3+,7-4+,13-12-/t15-,16+,17-,19+/m0/s1. The Morgan fingerprint density at radius 1 is 1.28 bits per heavy atom. The number of carboxylic acid groups (broad SMARTS) is 1. The highest BCUT2D eigenvalue weighted by Crippen LogP contribution is 2.33. The predicted octanol–water partition coefficient (Wildman–Crippen LogP) is 3.03. The number of hydrogen-bond donors (Lipinski definition) is 3. The number of carbonyl (C=O) groups excluding carboxylic acids is 1. The number of allylic oxidation sites excluding steroid dienone is 3. The maximum Gasteiger partial charge on any atom is 0.303 e. The van der Waals surface area contributed by atoms with Crippen molar-refractivity contribution in [1.29, 1.82) is 0 Å². The lowest BCUT2D eigenvalue weighted by molar-refractivity contribution is -0.137. The molecule has 1 saturated carbocycles. The molecule has 0 radical (unpaired) electrons. The van der Waals surface area contributed by atoms with E-state index in [0.29, 0.717) is 25.7 Å². The van der Waals surface area contributed by atoms with Crippen molar-refractivity contribution in [2.45, 2.75) is 64.1 Å². The van der Waals surface area contributed by atoms with Gasteiger partial charge >= 0.3 is 5.97 Å². The highest BCUT2D eigenvalue weighted by molar-refractivity contribution is 5.84. The molecule has 25 heavy (non-hydrogen) atoms. The molecule has 1 rings (SSSR count). The van der Waals surface area contributed by atoms with Gasteiger partial charge in [0.2, 0.25) is 0 Å². The second-order valence-corrected chi connectivity index (χ2v) is 6.48. The predicted molar refractivity (Wildman–Crippen MR) is 97.0 cm³/mol.